The van der Waals surface area contributed by atoms with Crippen molar-refractivity contribution < 1.29 is 9.53 Å². The lowest BCUT2D eigenvalue weighted by molar-refractivity contribution is -0.142. The van der Waals surface area contributed by atoms with Crippen LogP contribution in [0.2, 0.25) is 0 Å². The normalized spacial score (nSPS) is 24.0. The molecule has 18 heavy (non-hydrogen) atoms. The van der Waals surface area contributed by atoms with E-state index in [2.05, 4.69) is 0 Å². The van der Waals surface area contributed by atoms with Crippen LogP contribution in [-0.2, 0) is 16.0 Å². The number of nitrogen functional groups attached to an aromatic ring is 1. The Kier molecular flexibility index (Phi) is 3.87. The van der Waals surface area contributed by atoms with Crippen LogP contribution in [-0.4, -0.2) is 36.1 Å². The third-order valence-corrected chi connectivity index (χ3v) is 3.11. The Bertz CT molecular complexity index is 406. The maximum absolute atomic E-state index is 12.2. The van der Waals surface area contributed by atoms with E-state index in [0.29, 0.717) is 19.5 Å². The molecule has 0 unspecified atom stereocenters. The molecule has 98 valence electrons. The third-order valence-electron chi connectivity index (χ3n) is 3.11. The Labute approximate surface area is 108 Å². The van der Waals surface area contributed by atoms with Gasteiger partial charge in [-0.15, -0.1) is 0 Å². The van der Waals surface area contributed by atoms with Gasteiger partial charge in [0.25, 0.3) is 0 Å². The molecule has 1 fully saturated rings. The lowest BCUT2D eigenvalue weighted by Gasteiger charge is -2.35. The summed E-state index contributed by atoms with van der Waals surface area (Å²) in [6.45, 7) is 5.36. The average molecular weight is 248 g/mol. The van der Waals surface area contributed by atoms with Crippen LogP contribution in [0.3, 0.4) is 0 Å². The highest BCUT2D eigenvalue weighted by atomic mass is 16.5. The minimum absolute atomic E-state index is 0.115. The van der Waals surface area contributed by atoms with Gasteiger partial charge in [-0.3, -0.25) is 4.79 Å². The van der Waals surface area contributed by atoms with Gasteiger partial charge in [-0.2, -0.15) is 0 Å². The Morgan fingerprint density at radius 3 is 2.39 bits per heavy atom. The molecule has 0 spiro atoms. The number of hydrogen-bond donors (Lipinski definition) is 1. The van der Waals surface area contributed by atoms with E-state index < -0.39 is 0 Å². The van der Waals surface area contributed by atoms with Gasteiger partial charge in [0.15, 0.2) is 0 Å². The van der Waals surface area contributed by atoms with E-state index in [1.54, 1.807) is 0 Å². The highest BCUT2D eigenvalue weighted by Gasteiger charge is 2.25. The third kappa shape index (κ3) is 3.23. The fourth-order valence-electron chi connectivity index (χ4n) is 2.30. The first kappa shape index (κ1) is 12.9. The summed E-state index contributed by atoms with van der Waals surface area (Å²) in [6, 6.07) is 7.46. The van der Waals surface area contributed by atoms with E-state index in [9.17, 15) is 4.79 Å². The number of amides is 1. The van der Waals surface area contributed by atoms with E-state index in [0.717, 1.165) is 11.3 Å². The van der Waals surface area contributed by atoms with E-state index in [1.807, 2.05) is 43.0 Å². The molecular weight excluding hydrogens is 228 g/mol. The molecule has 1 aliphatic heterocycles. The average Bonchev–Trinajstić information content (AvgIpc) is 2.31. The number of morpholine rings is 1. The molecule has 0 aromatic heterocycles. The van der Waals surface area contributed by atoms with Crippen molar-refractivity contribution in [3.05, 3.63) is 29.8 Å². The first-order valence-electron chi connectivity index (χ1n) is 6.32. The van der Waals surface area contributed by atoms with Gasteiger partial charge in [0, 0.05) is 18.8 Å². The quantitative estimate of drug-likeness (QED) is 0.806. The lowest BCUT2D eigenvalue weighted by Crippen LogP contribution is -2.48. The summed E-state index contributed by atoms with van der Waals surface area (Å²) in [6.07, 6.45) is 0.660. The van der Waals surface area contributed by atoms with Crippen molar-refractivity contribution in [3.8, 4) is 0 Å². The number of hydrogen-bond acceptors (Lipinski definition) is 3. The number of rotatable bonds is 2. The molecule has 2 rings (SSSR count). The molecule has 4 nitrogen and oxygen atoms in total. The molecule has 0 radical (unpaired) electrons. The van der Waals surface area contributed by atoms with Crippen molar-refractivity contribution in [2.45, 2.75) is 32.5 Å². The van der Waals surface area contributed by atoms with Gasteiger partial charge in [0.1, 0.15) is 0 Å². The predicted molar refractivity (Wildman–Crippen MR) is 71.1 cm³/mol. The fraction of sp³-hybridized carbons (Fsp3) is 0.500. The molecule has 1 aromatic rings. The zero-order valence-electron chi connectivity index (χ0n) is 10.9. The van der Waals surface area contributed by atoms with E-state index >= 15 is 0 Å². The van der Waals surface area contributed by atoms with Crippen LogP contribution in [0.4, 0.5) is 5.69 Å². The van der Waals surface area contributed by atoms with Gasteiger partial charge >= 0.3 is 0 Å². The molecular formula is C14H20N2O2. The predicted octanol–water partition coefficient (Wildman–Crippen LogP) is 1.45. The highest BCUT2D eigenvalue weighted by Crippen LogP contribution is 2.13. The van der Waals surface area contributed by atoms with Crippen LogP contribution in [0.15, 0.2) is 24.3 Å². The second kappa shape index (κ2) is 5.40. The van der Waals surface area contributed by atoms with Crippen LogP contribution < -0.4 is 5.73 Å². The Morgan fingerprint density at radius 2 is 1.83 bits per heavy atom. The van der Waals surface area contributed by atoms with Crippen molar-refractivity contribution in [1.82, 2.24) is 4.90 Å². The van der Waals surface area contributed by atoms with Gasteiger partial charge in [-0.05, 0) is 31.5 Å². The highest BCUT2D eigenvalue weighted by molar-refractivity contribution is 5.79. The van der Waals surface area contributed by atoms with Crippen molar-refractivity contribution >= 4 is 11.6 Å². The molecule has 2 atom stereocenters. The van der Waals surface area contributed by atoms with Gasteiger partial charge in [-0.25, -0.2) is 0 Å². The van der Waals surface area contributed by atoms with Crippen molar-refractivity contribution in [1.29, 1.82) is 0 Å². The summed E-state index contributed by atoms with van der Waals surface area (Å²) in [5, 5.41) is 0. The number of nitrogens with zero attached hydrogens (tertiary/aromatic N) is 1. The Morgan fingerprint density at radius 1 is 1.28 bits per heavy atom. The van der Waals surface area contributed by atoms with Crippen molar-refractivity contribution in [3.63, 3.8) is 0 Å². The zero-order chi connectivity index (χ0) is 13.1. The minimum Gasteiger partial charge on any atom is -0.399 e. The Balaban J connectivity index is 1.97. The molecule has 1 aromatic carbocycles. The first-order chi connectivity index (χ1) is 8.54. The number of benzene rings is 1. The van der Waals surface area contributed by atoms with E-state index in [4.69, 9.17) is 10.5 Å². The second-order valence-corrected chi connectivity index (χ2v) is 4.97. The van der Waals surface area contributed by atoms with Gasteiger partial charge in [0.05, 0.1) is 18.6 Å². The van der Waals surface area contributed by atoms with Gasteiger partial charge < -0.3 is 15.4 Å². The SMILES string of the molecule is C[C@@H]1CN(C(=O)Cc2ccc(N)cc2)C[C@H](C)O1. The lowest BCUT2D eigenvalue weighted by atomic mass is 10.1. The monoisotopic (exact) mass is 248 g/mol. The maximum atomic E-state index is 12.2. The molecule has 1 aliphatic rings. The molecule has 1 amide bonds. The smallest absolute Gasteiger partial charge is 0.227 e. The van der Waals surface area contributed by atoms with Gasteiger partial charge in [-0.1, -0.05) is 12.1 Å². The summed E-state index contributed by atoms with van der Waals surface area (Å²) in [7, 11) is 0. The summed E-state index contributed by atoms with van der Waals surface area (Å²) in [5.41, 5.74) is 7.35. The number of anilines is 1. The largest absolute Gasteiger partial charge is 0.399 e. The molecule has 1 heterocycles. The van der Waals surface area contributed by atoms with Crippen LogP contribution in [0.5, 0.6) is 0 Å². The Hall–Kier alpha value is -1.55. The zero-order valence-corrected chi connectivity index (χ0v) is 10.9. The number of ether oxygens (including phenoxy) is 1. The van der Waals surface area contributed by atoms with Crippen molar-refractivity contribution in [2.24, 2.45) is 0 Å². The molecule has 4 heteroatoms. The number of carbonyl (C=O) groups excluding carboxylic acids is 1. The molecule has 0 saturated carbocycles. The molecule has 2 N–H and O–H groups in total. The van der Waals surface area contributed by atoms with E-state index in [1.165, 1.54) is 0 Å². The number of carbonyl (C=O) groups is 1. The van der Waals surface area contributed by atoms with Gasteiger partial charge in [0.2, 0.25) is 5.91 Å². The molecule has 0 aliphatic carbocycles. The maximum Gasteiger partial charge on any atom is 0.227 e. The van der Waals surface area contributed by atoms with Crippen molar-refractivity contribution in [2.75, 3.05) is 18.8 Å². The van der Waals surface area contributed by atoms with E-state index in [-0.39, 0.29) is 18.1 Å². The topological polar surface area (TPSA) is 55.6 Å². The van der Waals surface area contributed by atoms with Crippen LogP contribution in [0.1, 0.15) is 19.4 Å². The summed E-state index contributed by atoms with van der Waals surface area (Å²) in [4.78, 5) is 14.1. The fourth-order valence-corrected chi connectivity index (χ4v) is 2.30. The minimum atomic E-state index is 0.115. The summed E-state index contributed by atoms with van der Waals surface area (Å²) in [5.74, 6) is 0.154. The van der Waals surface area contributed by atoms with Crippen LogP contribution in [0, 0.1) is 0 Å². The van der Waals surface area contributed by atoms with Crippen LogP contribution in [0.25, 0.3) is 0 Å². The second-order valence-electron chi connectivity index (χ2n) is 4.97. The molecule has 1 saturated heterocycles. The number of nitrogens with two attached hydrogens (primary N) is 1. The molecule has 0 bridgehead atoms. The summed E-state index contributed by atoms with van der Waals surface area (Å²) >= 11 is 0. The standard InChI is InChI=1S/C14H20N2O2/c1-10-8-16(9-11(2)18-10)14(17)7-12-3-5-13(15)6-4-12/h3-6,10-11H,7-9,15H2,1-2H3/t10-,11+. The first-order valence-corrected chi connectivity index (χ1v) is 6.32. The van der Waals surface area contributed by atoms with Crippen LogP contribution >= 0.6 is 0 Å². The summed E-state index contributed by atoms with van der Waals surface area (Å²) < 4.78 is 5.62.